The predicted octanol–water partition coefficient (Wildman–Crippen LogP) is 9.68. The minimum atomic E-state index is -0.00356. The Morgan fingerprint density at radius 1 is 0.730 bits per heavy atom. The van der Waals surface area contributed by atoms with Crippen molar-refractivity contribution in [3.05, 3.63) is 92.8 Å². The van der Waals surface area contributed by atoms with Crippen LogP contribution in [0.1, 0.15) is 129 Å². The van der Waals surface area contributed by atoms with E-state index in [0.29, 0.717) is 23.7 Å². The molecule has 0 fully saturated rings. The van der Waals surface area contributed by atoms with Crippen LogP contribution >= 0.6 is 0 Å². The zero-order valence-corrected chi connectivity index (χ0v) is 24.1. The molecule has 0 aliphatic heterocycles. The average molecular weight is 491 g/mol. The molecule has 1 unspecified atom stereocenters. The van der Waals surface area contributed by atoms with Crippen LogP contribution in [0.25, 0.3) is 22.5 Å². The molecule has 2 nitrogen and oxygen atoms in total. The number of nitrogens with one attached hydrogen (secondary N) is 2. The Bertz CT molecular complexity index is 1520. The maximum Gasteiger partial charge on any atom is 0.0503 e. The van der Waals surface area contributed by atoms with Crippen LogP contribution in [0.5, 0.6) is 0 Å². The van der Waals surface area contributed by atoms with Gasteiger partial charge in [-0.3, -0.25) is 0 Å². The number of aryl methyl sites for hydroxylation is 1. The summed E-state index contributed by atoms with van der Waals surface area (Å²) in [6.45, 7) is 20.8. The first-order chi connectivity index (χ1) is 17.5. The van der Waals surface area contributed by atoms with E-state index in [0.717, 1.165) is 6.42 Å². The summed E-state index contributed by atoms with van der Waals surface area (Å²) in [5.74, 6) is 1.81. The van der Waals surface area contributed by atoms with Crippen molar-refractivity contribution < 1.29 is 0 Å². The van der Waals surface area contributed by atoms with Crippen molar-refractivity contribution in [2.24, 2.45) is 0 Å². The van der Waals surface area contributed by atoms with Crippen molar-refractivity contribution in [3.8, 4) is 22.5 Å². The molecule has 4 aromatic rings. The molecule has 37 heavy (non-hydrogen) atoms. The van der Waals surface area contributed by atoms with E-state index in [1.807, 2.05) is 0 Å². The highest BCUT2D eigenvalue weighted by atomic mass is 14.8. The summed E-state index contributed by atoms with van der Waals surface area (Å²) in [7, 11) is 0. The lowest BCUT2D eigenvalue weighted by Crippen LogP contribution is -2.17. The van der Waals surface area contributed by atoms with Gasteiger partial charge in [0.1, 0.15) is 0 Å². The molecule has 2 heterocycles. The minimum absolute atomic E-state index is 0.00356. The summed E-state index contributed by atoms with van der Waals surface area (Å²) in [4.78, 5) is 7.70. The first-order valence-electron chi connectivity index (χ1n) is 14.2. The maximum absolute atomic E-state index is 3.89. The maximum atomic E-state index is 3.89. The van der Waals surface area contributed by atoms with Gasteiger partial charge in [0.05, 0.1) is 5.69 Å². The molecule has 6 rings (SSSR count). The number of hydrogen-bond donors (Lipinski definition) is 2. The molecule has 2 aromatic heterocycles. The lowest BCUT2D eigenvalue weighted by Gasteiger charge is -2.30. The quantitative estimate of drug-likeness (QED) is 0.285. The fourth-order valence-electron chi connectivity index (χ4n) is 6.78. The molecular weight excluding hydrogens is 448 g/mol. The van der Waals surface area contributed by atoms with Gasteiger partial charge in [0.25, 0.3) is 0 Å². The van der Waals surface area contributed by atoms with Gasteiger partial charge in [-0.25, -0.2) is 0 Å². The smallest absolute Gasteiger partial charge is 0.0503 e. The van der Waals surface area contributed by atoms with Gasteiger partial charge in [0.15, 0.2) is 0 Å². The standard InChI is InChI=1S/C35H42N2/c1-18(2)22-10-11-24-25(14-22)26(15-23-16-30(19(3)4)36-33(23)24)27-12-21(7)13-28-32(27)34-29(35(28,8)9)17-31(37-34)20(5)6/h10-14,16-20,26,36-37H,15H2,1-9H3. The molecule has 2 heteroatoms. The zero-order chi connectivity index (χ0) is 26.4. The number of aromatic nitrogens is 2. The molecule has 192 valence electrons. The van der Waals surface area contributed by atoms with Crippen LogP contribution < -0.4 is 0 Å². The molecular formula is C35H42N2. The number of rotatable bonds is 4. The third-order valence-corrected chi connectivity index (χ3v) is 9.10. The first-order valence-corrected chi connectivity index (χ1v) is 14.2. The number of H-pyrrole nitrogens is 2. The normalized spacial score (nSPS) is 17.4. The van der Waals surface area contributed by atoms with Crippen LogP contribution in [-0.4, -0.2) is 9.97 Å². The fraction of sp³-hybridized carbons (Fsp3) is 0.429. The third-order valence-electron chi connectivity index (χ3n) is 9.10. The van der Waals surface area contributed by atoms with Gasteiger partial charge in [-0.05, 0) is 76.6 Å². The molecule has 0 bridgehead atoms. The van der Waals surface area contributed by atoms with E-state index in [4.69, 9.17) is 0 Å². The highest BCUT2D eigenvalue weighted by Crippen LogP contribution is 2.54. The van der Waals surface area contributed by atoms with E-state index >= 15 is 0 Å². The Morgan fingerprint density at radius 3 is 2.08 bits per heavy atom. The largest absolute Gasteiger partial charge is 0.358 e. The van der Waals surface area contributed by atoms with Gasteiger partial charge in [-0.15, -0.1) is 0 Å². The number of hydrogen-bond acceptors (Lipinski definition) is 0. The number of fused-ring (bicyclic) bond motifs is 6. The van der Waals surface area contributed by atoms with Crippen molar-refractivity contribution in [2.45, 2.75) is 97.8 Å². The lowest BCUT2D eigenvalue weighted by atomic mass is 9.74. The van der Waals surface area contributed by atoms with E-state index in [-0.39, 0.29) is 5.41 Å². The molecule has 2 aliphatic carbocycles. The van der Waals surface area contributed by atoms with E-state index in [2.05, 4.69) is 115 Å². The molecule has 0 saturated carbocycles. The van der Waals surface area contributed by atoms with Crippen LogP contribution in [0.4, 0.5) is 0 Å². The second-order valence-electron chi connectivity index (χ2n) is 13.1. The second kappa shape index (κ2) is 8.25. The van der Waals surface area contributed by atoms with Gasteiger partial charge in [-0.2, -0.15) is 0 Å². The van der Waals surface area contributed by atoms with E-state index in [9.17, 15) is 0 Å². The van der Waals surface area contributed by atoms with Crippen LogP contribution in [0.3, 0.4) is 0 Å². The predicted molar refractivity (Wildman–Crippen MR) is 157 cm³/mol. The Kier molecular flexibility index (Phi) is 5.43. The van der Waals surface area contributed by atoms with Crippen LogP contribution in [0, 0.1) is 6.92 Å². The third kappa shape index (κ3) is 3.59. The molecule has 0 amide bonds. The number of benzene rings is 2. The van der Waals surface area contributed by atoms with Crippen molar-refractivity contribution in [2.75, 3.05) is 0 Å². The van der Waals surface area contributed by atoms with Crippen LogP contribution in [0.2, 0.25) is 0 Å². The molecule has 2 aromatic carbocycles. The molecule has 0 spiro atoms. The fourth-order valence-corrected chi connectivity index (χ4v) is 6.78. The van der Waals surface area contributed by atoms with Gasteiger partial charge >= 0.3 is 0 Å². The molecule has 1 atom stereocenters. The topological polar surface area (TPSA) is 31.6 Å². The highest BCUT2D eigenvalue weighted by molar-refractivity contribution is 5.84. The number of aromatic amines is 2. The molecule has 2 N–H and O–H groups in total. The molecule has 0 radical (unpaired) electrons. The zero-order valence-electron chi connectivity index (χ0n) is 24.1. The summed E-state index contributed by atoms with van der Waals surface area (Å²) in [6.07, 6.45) is 1.04. The monoisotopic (exact) mass is 490 g/mol. The SMILES string of the molecule is Cc1cc(C2Cc3cc(C(C)C)[nH]c3-c3ccc(C(C)C)cc32)c2c(c1)C(C)(C)c1cc(C(C)C)[nH]c1-2. The van der Waals surface area contributed by atoms with Gasteiger partial charge in [0.2, 0.25) is 0 Å². The lowest BCUT2D eigenvalue weighted by molar-refractivity contribution is 0.658. The summed E-state index contributed by atoms with van der Waals surface area (Å²) < 4.78 is 0. The minimum Gasteiger partial charge on any atom is -0.358 e. The Labute approximate surface area is 222 Å². The highest BCUT2D eigenvalue weighted by Gasteiger charge is 2.41. The summed E-state index contributed by atoms with van der Waals surface area (Å²) in [5, 5.41) is 0. The molecule has 2 aliphatic rings. The van der Waals surface area contributed by atoms with Crippen molar-refractivity contribution in [1.82, 2.24) is 9.97 Å². The van der Waals surface area contributed by atoms with E-state index < -0.39 is 0 Å². The van der Waals surface area contributed by atoms with Crippen molar-refractivity contribution in [1.29, 1.82) is 0 Å². The van der Waals surface area contributed by atoms with Crippen LogP contribution in [-0.2, 0) is 11.8 Å². The van der Waals surface area contributed by atoms with Gasteiger partial charge < -0.3 is 9.97 Å². The van der Waals surface area contributed by atoms with Gasteiger partial charge in [-0.1, -0.05) is 91.3 Å². The Balaban J connectivity index is 1.62. The van der Waals surface area contributed by atoms with E-state index in [1.165, 1.54) is 72.8 Å². The summed E-state index contributed by atoms with van der Waals surface area (Å²) >= 11 is 0. The van der Waals surface area contributed by atoms with Crippen LogP contribution in [0.15, 0.2) is 42.5 Å². The Hall–Kier alpha value is -3.00. The summed E-state index contributed by atoms with van der Waals surface area (Å²) in [5.41, 5.74) is 18.3. The first kappa shape index (κ1) is 24.3. The average Bonchev–Trinajstić information content (AvgIpc) is 3.52. The van der Waals surface area contributed by atoms with Gasteiger partial charge in [0, 0.05) is 39.5 Å². The van der Waals surface area contributed by atoms with Crippen molar-refractivity contribution >= 4 is 0 Å². The second-order valence-corrected chi connectivity index (χ2v) is 13.1. The Morgan fingerprint density at radius 2 is 1.41 bits per heavy atom. The van der Waals surface area contributed by atoms with E-state index in [1.54, 1.807) is 0 Å². The summed E-state index contributed by atoms with van der Waals surface area (Å²) in [6, 6.07) is 17.0. The molecule has 0 saturated heterocycles. The van der Waals surface area contributed by atoms with Crippen molar-refractivity contribution in [3.63, 3.8) is 0 Å².